The molecular weight excluding hydrogens is 589 g/mol. The number of benzene rings is 6. The minimum Gasteiger partial charge on any atom is -0.455 e. The summed E-state index contributed by atoms with van der Waals surface area (Å²) >= 11 is 2.40. The molecule has 2 aromatic heterocycles. The van der Waals surface area contributed by atoms with E-state index in [4.69, 9.17) is 4.42 Å². The minimum atomic E-state index is 0.924. The van der Waals surface area contributed by atoms with Gasteiger partial charge in [0.15, 0.2) is 0 Å². The third kappa shape index (κ3) is 3.61. The highest BCUT2D eigenvalue weighted by atomic mass is 127. The molecule has 2 nitrogen and oxygen atoms in total. The summed E-state index contributed by atoms with van der Waals surface area (Å²) in [5.41, 5.74) is 10.1. The average molecular weight is 611 g/mol. The van der Waals surface area contributed by atoms with Crippen molar-refractivity contribution in [3.05, 3.63) is 137 Å². The third-order valence-corrected chi connectivity index (χ3v) is 8.35. The first-order chi connectivity index (χ1) is 19.2. The number of rotatable bonds is 3. The summed E-state index contributed by atoms with van der Waals surface area (Å²) in [6, 6.07) is 47.7. The molecule has 0 N–H and O–H groups in total. The molecule has 0 radical (unpaired) electrons. The van der Waals surface area contributed by atoms with Gasteiger partial charge in [0, 0.05) is 36.4 Å². The first-order valence-corrected chi connectivity index (χ1v) is 14.1. The number of furan rings is 1. The van der Waals surface area contributed by atoms with Crippen molar-refractivity contribution >= 4 is 66.3 Å². The van der Waals surface area contributed by atoms with Crippen LogP contribution in [0.4, 0.5) is 0 Å². The highest BCUT2D eigenvalue weighted by molar-refractivity contribution is 14.1. The standard InChI is InChI=1S/C36H22INO/c37-26-18-20-30-29-19-17-25(21-33(29)38(34(30)22-26)27-7-2-1-3-8-27)23-13-15-24(16-14-23)28-10-6-11-32-31-9-4-5-12-35(31)39-36(28)32/h1-22H. The van der Waals surface area contributed by atoms with Crippen LogP contribution in [0.5, 0.6) is 0 Å². The van der Waals surface area contributed by atoms with Crippen LogP contribution in [-0.2, 0) is 0 Å². The minimum absolute atomic E-state index is 0.924. The number of halogens is 1. The molecule has 0 aliphatic rings. The van der Waals surface area contributed by atoms with Gasteiger partial charge in [-0.1, -0.05) is 97.1 Å². The molecular formula is C36H22INO. The molecule has 8 rings (SSSR count). The summed E-state index contributed by atoms with van der Waals surface area (Å²) in [5, 5.41) is 4.85. The number of aromatic nitrogens is 1. The quantitative estimate of drug-likeness (QED) is 0.182. The van der Waals surface area contributed by atoms with Gasteiger partial charge in [0.25, 0.3) is 0 Å². The molecule has 39 heavy (non-hydrogen) atoms. The topological polar surface area (TPSA) is 18.1 Å². The highest BCUT2D eigenvalue weighted by Gasteiger charge is 2.15. The van der Waals surface area contributed by atoms with Crippen molar-refractivity contribution < 1.29 is 4.42 Å². The van der Waals surface area contributed by atoms with Gasteiger partial charge in [0.2, 0.25) is 0 Å². The molecule has 184 valence electrons. The van der Waals surface area contributed by atoms with Crippen LogP contribution in [0, 0.1) is 3.57 Å². The van der Waals surface area contributed by atoms with Crippen molar-refractivity contribution in [3.63, 3.8) is 0 Å². The van der Waals surface area contributed by atoms with Crippen LogP contribution in [0.1, 0.15) is 0 Å². The Hall–Kier alpha value is -4.35. The molecule has 0 bridgehead atoms. The molecule has 0 atom stereocenters. The monoisotopic (exact) mass is 611 g/mol. The Kier molecular flexibility index (Phi) is 5.13. The Morgan fingerprint density at radius 2 is 1.15 bits per heavy atom. The van der Waals surface area contributed by atoms with Crippen molar-refractivity contribution in [1.29, 1.82) is 0 Å². The lowest BCUT2D eigenvalue weighted by molar-refractivity contribution is 0.670. The van der Waals surface area contributed by atoms with E-state index in [1.165, 1.54) is 42.2 Å². The van der Waals surface area contributed by atoms with Gasteiger partial charge < -0.3 is 8.98 Å². The van der Waals surface area contributed by atoms with Crippen molar-refractivity contribution in [1.82, 2.24) is 4.57 Å². The smallest absolute Gasteiger partial charge is 0.143 e. The molecule has 0 saturated carbocycles. The van der Waals surface area contributed by atoms with E-state index in [0.717, 1.165) is 33.1 Å². The molecule has 0 amide bonds. The highest BCUT2D eigenvalue weighted by Crippen LogP contribution is 2.38. The Bertz CT molecular complexity index is 2170. The van der Waals surface area contributed by atoms with Crippen LogP contribution >= 0.6 is 22.6 Å². The number of nitrogens with zero attached hydrogens (tertiary/aromatic N) is 1. The van der Waals surface area contributed by atoms with Crippen LogP contribution in [0.2, 0.25) is 0 Å². The van der Waals surface area contributed by atoms with Gasteiger partial charge in [-0.05, 0) is 75.7 Å². The predicted molar refractivity (Wildman–Crippen MR) is 172 cm³/mol. The van der Waals surface area contributed by atoms with Gasteiger partial charge >= 0.3 is 0 Å². The molecule has 2 heterocycles. The Morgan fingerprint density at radius 1 is 0.487 bits per heavy atom. The third-order valence-electron chi connectivity index (χ3n) is 7.68. The summed E-state index contributed by atoms with van der Waals surface area (Å²) in [4.78, 5) is 0. The van der Waals surface area contributed by atoms with E-state index in [1.807, 2.05) is 12.1 Å². The molecule has 0 fully saturated rings. The zero-order chi connectivity index (χ0) is 25.9. The first kappa shape index (κ1) is 22.6. The van der Waals surface area contributed by atoms with Crippen LogP contribution in [-0.4, -0.2) is 4.57 Å². The molecule has 0 aliphatic heterocycles. The average Bonchev–Trinajstić information content (AvgIpc) is 3.52. The van der Waals surface area contributed by atoms with E-state index in [-0.39, 0.29) is 0 Å². The molecule has 6 aromatic carbocycles. The van der Waals surface area contributed by atoms with Crippen LogP contribution in [0.3, 0.4) is 0 Å². The lowest BCUT2D eigenvalue weighted by Gasteiger charge is -2.10. The van der Waals surface area contributed by atoms with Crippen molar-refractivity contribution in [3.8, 4) is 27.9 Å². The summed E-state index contributed by atoms with van der Waals surface area (Å²) in [6.45, 7) is 0. The molecule has 0 spiro atoms. The van der Waals surface area contributed by atoms with E-state index in [2.05, 4.69) is 148 Å². The summed E-state index contributed by atoms with van der Waals surface area (Å²) < 4.78 is 9.90. The fourth-order valence-electron chi connectivity index (χ4n) is 5.84. The van der Waals surface area contributed by atoms with Gasteiger partial charge in [-0.15, -0.1) is 0 Å². The van der Waals surface area contributed by atoms with Crippen molar-refractivity contribution in [2.45, 2.75) is 0 Å². The van der Waals surface area contributed by atoms with Gasteiger partial charge in [-0.25, -0.2) is 0 Å². The summed E-state index contributed by atoms with van der Waals surface area (Å²) in [6.07, 6.45) is 0. The second kappa shape index (κ2) is 8.85. The SMILES string of the molecule is Ic1ccc2c3ccc(-c4ccc(-c5cccc6c5oc5ccccc56)cc4)cc3n(-c3ccccc3)c2c1. The Balaban J connectivity index is 1.27. The number of para-hydroxylation sites is 3. The lowest BCUT2D eigenvalue weighted by atomic mass is 9.98. The molecule has 0 unspecified atom stereocenters. The molecule has 0 aliphatic carbocycles. The van der Waals surface area contributed by atoms with Gasteiger partial charge in [0.1, 0.15) is 11.2 Å². The van der Waals surface area contributed by atoms with Crippen molar-refractivity contribution in [2.24, 2.45) is 0 Å². The van der Waals surface area contributed by atoms with E-state index in [0.29, 0.717) is 0 Å². The maximum atomic E-state index is 6.29. The largest absolute Gasteiger partial charge is 0.455 e. The van der Waals surface area contributed by atoms with Crippen LogP contribution in [0.15, 0.2) is 138 Å². The number of fused-ring (bicyclic) bond motifs is 6. The fourth-order valence-corrected chi connectivity index (χ4v) is 6.32. The zero-order valence-corrected chi connectivity index (χ0v) is 23.1. The van der Waals surface area contributed by atoms with E-state index >= 15 is 0 Å². The maximum absolute atomic E-state index is 6.29. The predicted octanol–water partition coefficient (Wildman–Crippen LogP) is 10.6. The second-order valence-electron chi connectivity index (χ2n) is 9.92. The first-order valence-electron chi connectivity index (χ1n) is 13.0. The molecule has 3 heteroatoms. The zero-order valence-electron chi connectivity index (χ0n) is 20.9. The van der Waals surface area contributed by atoms with Crippen LogP contribution in [0.25, 0.3) is 71.7 Å². The number of hydrogen-bond acceptors (Lipinski definition) is 1. The molecule has 0 saturated heterocycles. The second-order valence-corrected chi connectivity index (χ2v) is 11.2. The summed E-state index contributed by atoms with van der Waals surface area (Å²) in [7, 11) is 0. The van der Waals surface area contributed by atoms with E-state index in [1.54, 1.807) is 0 Å². The summed E-state index contributed by atoms with van der Waals surface area (Å²) in [5.74, 6) is 0. The molecule has 8 aromatic rings. The van der Waals surface area contributed by atoms with Gasteiger partial charge in [-0.3, -0.25) is 0 Å². The van der Waals surface area contributed by atoms with Crippen LogP contribution < -0.4 is 0 Å². The lowest BCUT2D eigenvalue weighted by Crippen LogP contribution is -1.93. The number of hydrogen-bond donors (Lipinski definition) is 0. The van der Waals surface area contributed by atoms with E-state index < -0.39 is 0 Å². The normalized spacial score (nSPS) is 11.7. The Labute approximate surface area is 239 Å². The van der Waals surface area contributed by atoms with E-state index in [9.17, 15) is 0 Å². The maximum Gasteiger partial charge on any atom is 0.143 e. The van der Waals surface area contributed by atoms with Gasteiger partial charge in [-0.2, -0.15) is 0 Å². The fraction of sp³-hybridized carbons (Fsp3) is 0. The van der Waals surface area contributed by atoms with Crippen molar-refractivity contribution in [2.75, 3.05) is 0 Å². The van der Waals surface area contributed by atoms with Gasteiger partial charge in [0.05, 0.1) is 11.0 Å². The Morgan fingerprint density at radius 3 is 2.00 bits per heavy atom.